The van der Waals surface area contributed by atoms with Crippen molar-refractivity contribution in [1.29, 1.82) is 0 Å². The van der Waals surface area contributed by atoms with Crippen LogP contribution >= 0.6 is 0 Å². The fourth-order valence-electron chi connectivity index (χ4n) is 4.38. The van der Waals surface area contributed by atoms with Crippen LogP contribution in [0.15, 0.2) is 0 Å². The highest BCUT2D eigenvalue weighted by molar-refractivity contribution is 5.71. The maximum atomic E-state index is 12.4. The molecule has 0 spiro atoms. The second-order valence-corrected chi connectivity index (χ2v) is 10.7. The highest BCUT2D eigenvalue weighted by Crippen LogP contribution is 2.12. The van der Waals surface area contributed by atoms with Gasteiger partial charge in [-0.3, -0.25) is 14.4 Å². The fourth-order valence-corrected chi connectivity index (χ4v) is 4.38. The molecule has 0 bridgehead atoms. The molecule has 0 aliphatic rings. The summed E-state index contributed by atoms with van der Waals surface area (Å²) in [7, 11) is 0. The van der Waals surface area contributed by atoms with E-state index in [0.717, 1.165) is 57.8 Å². The molecule has 0 rings (SSSR count). The Morgan fingerprint density at radius 2 is 0.711 bits per heavy atom. The van der Waals surface area contributed by atoms with E-state index in [1.807, 2.05) is 0 Å². The normalized spacial score (nSPS) is 11.8. The molecule has 224 valence electrons. The Kier molecular flexibility index (Phi) is 27.2. The summed E-state index contributed by atoms with van der Waals surface area (Å²) in [5, 5.41) is 0. The lowest BCUT2D eigenvalue weighted by atomic mass is 10.1. The number of esters is 3. The van der Waals surface area contributed by atoms with Gasteiger partial charge >= 0.3 is 17.9 Å². The van der Waals surface area contributed by atoms with Crippen molar-refractivity contribution in [2.45, 2.75) is 175 Å². The molecular weight excluding hydrogens is 480 g/mol. The van der Waals surface area contributed by atoms with Gasteiger partial charge in [-0.25, -0.2) is 0 Å². The molecule has 0 N–H and O–H groups in total. The molecular formula is C32H60O6. The average molecular weight is 541 g/mol. The zero-order chi connectivity index (χ0) is 28.1. The van der Waals surface area contributed by atoms with Crippen LogP contribution in [0.4, 0.5) is 0 Å². The Morgan fingerprint density at radius 1 is 0.421 bits per heavy atom. The van der Waals surface area contributed by atoms with Crippen LogP contribution in [0, 0.1) is 0 Å². The van der Waals surface area contributed by atoms with Crippen molar-refractivity contribution >= 4 is 17.9 Å². The molecule has 0 aromatic heterocycles. The van der Waals surface area contributed by atoms with E-state index in [0.29, 0.717) is 19.3 Å². The average Bonchev–Trinajstić information content (AvgIpc) is 2.91. The number of ether oxygens (including phenoxy) is 3. The van der Waals surface area contributed by atoms with Gasteiger partial charge in [0.2, 0.25) is 0 Å². The van der Waals surface area contributed by atoms with Crippen LogP contribution in [-0.2, 0) is 28.6 Å². The van der Waals surface area contributed by atoms with Crippen molar-refractivity contribution in [3.8, 4) is 0 Å². The van der Waals surface area contributed by atoms with Crippen LogP contribution in [-0.4, -0.2) is 37.2 Å². The van der Waals surface area contributed by atoms with E-state index >= 15 is 0 Å². The van der Waals surface area contributed by atoms with E-state index in [-0.39, 0.29) is 31.1 Å². The summed E-state index contributed by atoms with van der Waals surface area (Å²) in [5.41, 5.74) is 0. The van der Waals surface area contributed by atoms with Gasteiger partial charge in [-0.05, 0) is 19.3 Å². The molecule has 6 nitrogen and oxygen atoms in total. The molecule has 0 aliphatic carbocycles. The summed E-state index contributed by atoms with van der Waals surface area (Å²) in [6.07, 6.45) is 22.7. The van der Waals surface area contributed by atoms with Crippen LogP contribution in [0.5, 0.6) is 0 Å². The SMILES string of the molecule is CCCCCCCCCC(=O)OCC(COC(=O)CCCCCCCC)OC(=O)CCCCCCCCC. The maximum absolute atomic E-state index is 12.4. The van der Waals surface area contributed by atoms with Crippen molar-refractivity contribution in [1.82, 2.24) is 0 Å². The molecule has 0 aromatic carbocycles. The predicted molar refractivity (Wildman–Crippen MR) is 155 cm³/mol. The Balaban J connectivity index is 4.36. The third-order valence-electron chi connectivity index (χ3n) is 6.86. The number of carbonyl (C=O) groups excluding carboxylic acids is 3. The van der Waals surface area contributed by atoms with Gasteiger partial charge in [-0.1, -0.05) is 130 Å². The Morgan fingerprint density at radius 3 is 1.05 bits per heavy atom. The van der Waals surface area contributed by atoms with Crippen LogP contribution in [0.25, 0.3) is 0 Å². The molecule has 1 unspecified atom stereocenters. The zero-order valence-corrected chi connectivity index (χ0v) is 25.2. The molecule has 0 aliphatic heterocycles. The van der Waals surface area contributed by atoms with Crippen LogP contribution in [0.3, 0.4) is 0 Å². The summed E-state index contributed by atoms with van der Waals surface area (Å²) in [6, 6.07) is 0. The summed E-state index contributed by atoms with van der Waals surface area (Å²) >= 11 is 0. The third kappa shape index (κ3) is 26.0. The van der Waals surface area contributed by atoms with Gasteiger partial charge in [-0.2, -0.15) is 0 Å². The number of rotatable bonds is 28. The minimum Gasteiger partial charge on any atom is -0.462 e. The lowest BCUT2D eigenvalue weighted by Crippen LogP contribution is -2.30. The fraction of sp³-hybridized carbons (Fsp3) is 0.906. The summed E-state index contributed by atoms with van der Waals surface area (Å²) in [4.78, 5) is 36.8. The van der Waals surface area contributed by atoms with Crippen molar-refractivity contribution in [3.05, 3.63) is 0 Å². The third-order valence-corrected chi connectivity index (χ3v) is 6.86. The highest BCUT2D eigenvalue weighted by Gasteiger charge is 2.19. The lowest BCUT2D eigenvalue weighted by Gasteiger charge is -2.18. The van der Waals surface area contributed by atoms with Gasteiger partial charge in [0, 0.05) is 19.3 Å². The van der Waals surface area contributed by atoms with Gasteiger partial charge < -0.3 is 14.2 Å². The van der Waals surface area contributed by atoms with Gasteiger partial charge in [0.05, 0.1) is 0 Å². The van der Waals surface area contributed by atoms with Gasteiger partial charge in [0.1, 0.15) is 13.2 Å². The minimum atomic E-state index is -0.751. The molecule has 38 heavy (non-hydrogen) atoms. The van der Waals surface area contributed by atoms with Gasteiger partial charge in [0.25, 0.3) is 0 Å². The first-order valence-electron chi connectivity index (χ1n) is 16.0. The molecule has 6 heteroatoms. The zero-order valence-electron chi connectivity index (χ0n) is 25.2. The smallest absolute Gasteiger partial charge is 0.306 e. The number of hydrogen-bond acceptors (Lipinski definition) is 6. The van der Waals surface area contributed by atoms with E-state index in [1.54, 1.807) is 0 Å². The maximum Gasteiger partial charge on any atom is 0.306 e. The van der Waals surface area contributed by atoms with E-state index in [9.17, 15) is 14.4 Å². The molecule has 0 radical (unpaired) electrons. The monoisotopic (exact) mass is 540 g/mol. The van der Waals surface area contributed by atoms with Gasteiger partial charge in [0.15, 0.2) is 6.10 Å². The largest absolute Gasteiger partial charge is 0.462 e. The van der Waals surface area contributed by atoms with E-state index < -0.39 is 6.10 Å². The van der Waals surface area contributed by atoms with E-state index in [4.69, 9.17) is 14.2 Å². The molecule has 0 fully saturated rings. The Bertz CT molecular complexity index is 562. The summed E-state index contributed by atoms with van der Waals surface area (Å²) in [5.74, 6) is -0.897. The number of carbonyl (C=O) groups is 3. The first-order chi connectivity index (χ1) is 18.5. The molecule has 0 heterocycles. The van der Waals surface area contributed by atoms with Crippen molar-refractivity contribution in [2.24, 2.45) is 0 Å². The molecule has 0 saturated heterocycles. The molecule has 0 saturated carbocycles. The second-order valence-electron chi connectivity index (χ2n) is 10.7. The first kappa shape index (κ1) is 36.4. The molecule has 0 amide bonds. The van der Waals surface area contributed by atoms with E-state index in [1.165, 1.54) is 70.6 Å². The predicted octanol–water partition coefficient (Wildman–Crippen LogP) is 9.02. The van der Waals surface area contributed by atoms with Crippen LogP contribution in [0.2, 0.25) is 0 Å². The first-order valence-corrected chi connectivity index (χ1v) is 16.0. The lowest BCUT2D eigenvalue weighted by molar-refractivity contribution is -0.167. The summed E-state index contributed by atoms with van der Waals surface area (Å²) in [6.45, 7) is 6.45. The van der Waals surface area contributed by atoms with Crippen LogP contribution in [0.1, 0.15) is 168 Å². The summed E-state index contributed by atoms with van der Waals surface area (Å²) < 4.78 is 16.3. The minimum absolute atomic E-state index is 0.0671. The molecule has 1 atom stereocenters. The van der Waals surface area contributed by atoms with Crippen LogP contribution < -0.4 is 0 Å². The Labute approximate surface area is 234 Å². The highest BCUT2D eigenvalue weighted by atomic mass is 16.6. The quantitative estimate of drug-likeness (QED) is 0.0559. The van der Waals surface area contributed by atoms with Gasteiger partial charge in [-0.15, -0.1) is 0 Å². The standard InChI is InChI=1S/C32H60O6/c1-4-7-10-13-16-19-22-25-31(34)37-28-29(27-36-30(33)24-21-18-15-12-9-6-3)38-32(35)26-23-20-17-14-11-8-5-2/h29H,4-28H2,1-3H3. The van der Waals surface area contributed by atoms with Crippen molar-refractivity contribution in [3.63, 3.8) is 0 Å². The Hall–Kier alpha value is -1.59. The van der Waals surface area contributed by atoms with E-state index in [2.05, 4.69) is 20.8 Å². The topological polar surface area (TPSA) is 78.9 Å². The molecule has 0 aromatic rings. The second kappa shape index (κ2) is 28.4. The number of unbranched alkanes of at least 4 members (excludes halogenated alkanes) is 17. The van der Waals surface area contributed by atoms with Crippen molar-refractivity contribution in [2.75, 3.05) is 13.2 Å². The van der Waals surface area contributed by atoms with Crippen molar-refractivity contribution < 1.29 is 28.6 Å². The number of hydrogen-bond donors (Lipinski definition) is 0.